The summed E-state index contributed by atoms with van der Waals surface area (Å²) in [6, 6.07) is 14.5. The first-order chi connectivity index (χ1) is 17.8. The number of rotatable bonds is 8. The molecule has 37 heavy (non-hydrogen) atoms. The molecule has 8 nitrogen and oxygen atoms in total. The van der Waals surface area contributed by atoms with Gasteiger partial charge in [0, 0.05) is 18.8 Å². The van der Waals surface area contributed by atoms with Gasteiger partial charge < -0.3 is 25.4 Å². The minimum Gasteiger partial charge on any atom is -0.395 e. The number of carbonyl (C=O) groups excluding carboxylic acids is 3. The van der Waals surface area contributed by atoms with Crippen molar-refractivity contribution in [2.45, 2.75) is 63.8 Å². The van der Waals surface area contributed by atoms with Crippen molar-refractivity contribution in [3.05, 3.63) is 65.2 Å². The number of aliphatic hydroxyl groups excluding tert-OH is 1. The molecule has 0 aliphatic carbocycles. The molecule has 5 atom stereocenters. The molecule has 3 aliphatic rings. The summed E-state index contributed by atoms with van der Waals surface area (Å²) in [5, 5.41) is 15.8. The number of hydrogen-bond acceptors (Lipinski definition) is 5. The van der Waals surface area contributed by atoms with Crippen LogP contribution in [0.5, 0.6) is 0 Å². The Labute approximate surface area is 217 Å². The lowest BCUT2D eigenvalue weighted by atomic mass is 9.65. The Morgan fingerprint density at radius 3 is 2.57 bits per heavy atom. The van der Waals surface area contributed by atoms with Gasteiger partial charge in [-0.15, -0.1) is 0 Å². The SMILES string of the molecule is CC[C@]12CCC3(O1)C(C(=O)Nc1cc(C)ccc1C)N(CCO)C(=O)[C@@H]3[C@H]2C(=O)NCc1ccccc1. The third-order valence-electron chi connectivity index (χ3n) is 8.51. The van der Waals surface area contributed by atoms with Crippen LogP contribution in [0.3, 0.4) is 0 Å². The molecule has 0 aromatic heterocycles. The van der Waals surface area contributed by atoms with E-state index >= 15 is 0 Å². The quantitative estimate of drug-likeness (QED) is 0.511. The van der Waals surface area contributed by atoms with Gasteiger partial charge in [0.1, 0.15) is 11.6 Å². The second kappa shape index (κ2) is 9.58. The zero-order valence-corrected chi connectivity index (χ0v) is 21.6. The number of nitrogens with one attached hydrogen (secondary N) is 2. The molecule has 8 heteroatoms. The Kier molecular flexibility index (Phi) is 6.58. The molecule has 196 valence electrons. The molecule has 2 aromatic rings. The van der Waals surface area contributed by atoms with Crippen LogP contribution in [0.1, 0.15) is 42.9 Å². The van der Waals surface area contributed by atoms with E-state index in [4.69, 9.17) is 4.74 Å². The molecule has 3 heterocycles. The Morgan fingerprint density at radius 2 is 1.86 bits per heavy atom. The van der Waals surface area contributed by atoms with E-state index in [-0.39, 0.29) is 30.9 Å². The standard InChI is InChI=1S/C29H35N3O5/c1-4-28-12-13-29(37-28)23(22(28)25(34)30-17-20-8-6-5-7-9-20)27(36)32(14-15-33)24(29)26(35)31-21-16-18(2)10-11-19(21)3/h5-11,16,22-24,33H,4,12-15,17H2,1-3H3,(H,30,34)(H,31,35)/t22-,23-,24?,28+,29?/m0/s1. The molecule has 3 amide bonds. The number of likely N-dealkylation sites (tertiary alicyclic amines) is 1. The van der Waals surface area contributed by atoms with Gasteiger partial charge in [0.2, 0.25) is 17.7 Å². The summed E-state index contributed by atoms with van der Waals surface area (Å²) in [4.78, 5) is 42.8. The number of hydrogen-bond donors (Lipinski definition) is 3. The number of carbonyl (C=O) groups is 3. The van der Waals surface area contributed by atoms with Crippen LogP contribution in [-0.2, 0) is 25.7 Å². The Morgan fingerprint density at radius 1 is 1.11 bits per heavy atom. The summed E-state index contributed by atoms with van der Waals surface area (Å²) in [6.45, 7) is 5.90. The first kappa shape index (κ1) is 25.4. The molecule has 2 aromatic carbocycles. The third kappa shape index (κ3) is 4.03. The van der Waals surface area contributed by atoms with Gasteiger partial charge in [-0.3, -0.25) is 14.4 Å². The van der Waals surface area contributed by atoms with Gasteiger partial charge in [0.25, 0.3) is 0 Å². The molecular weight excluding hydrogens is 470 g/mol. The number of aliphatic hydroxyl groups is 1. The summed E-state index contributed by atoms with van der Waals surface area (Å²) in [7, 11) is 0. The van der Waals surface area contributed by atoms with Crippen molar-refractivity contribution in [3.63, 3.8) is 0 Å². The lowest BCUT2D eigenvalue weighted by molar-refractivity contribution is -0.146. The maximum absolute atomic E-state index is 13.9. The number of nitrogens with zero attached hydrogens (tertiary/aromatic N) is 1. The number of amides is 3. The summed E-state index contributed by atoms with van der Waals surface area (Å²) >= 11 is 0. The first-order valence-corrected chi connectivity index (χ1v) is 13.1. The third-order valence-corrected chi connectivity index (χ3v) is 8.51. The van der Waals surface area contributed by atoms with E-state index in [1.54, 1.807) is 0 Å². The van der Waals surface area contributed by atoms with Gasteiger partial charge in [0.05, 0.1) is 24.0 Å². The van der Waals surface area contributed by atoms with E-state index in [1.165, 1.54) is 4.90 Å². The average molecular weight is 506 g/mol. The van der Waals surface area contributed by atoms with Crippen LogP contribution in [0.2, 0.25) is 0 Å². The number of aryl methyl sites for hydroxylation is 2. The highest BCUT2D eigenvalue weighted by Gasteiger charge is 2.78. The molecule has 0 saturated carbocycles. The fraction of sp³-hybridized carbons (Fsp3) is 0.483. The maximum atomic E-state index is 13.9. The van der Waals surface area contributed by atoms with Crippen molar-refractivity contribution < 1.29 is 24.2 Å². The van der Waals surface area contributed by atoms with E-state index in [1.807, 2.05) is 69.3 Å². The summed E-state index contributed by atoms with van der Waals surface area (Å²) < 4.78 is 6.71. The second-order valence-corrected chi connectivity index (χ2v) is 10.6. The van der Waals surface area contributed by atoms with Gasteiger partial charge in [-0.1, -0.05) is 49.4 Å². The summed E-state index contributed by atoms with van der Waals surface area (Å²) in [5.74, 6) is -2.37. The molecule has 0 radical (unpaired) electrons. The molecule has 2 bridgehead atoms. The molecule has 2 unspecified atom stereocenters. The van der Waals surface area contributed by atoms with Crippen LogP contribution < -0.4 is 10.6 Å². The monoisotopic (exact) mass is 505 g/mol. The lowest BCUT2D eigenvalue weighted by Crippen LogP contribution is -2.53. The molecule has 3 N–H and O–H groups in total. The largest absolute Gasteiger partial charge is 0.395 e. The highest BCUT2D eigenvalue weighted by molar-refractivity contribution is 6.04. The summed E-state index contributed by atoms with van der Waals surface area (Å²) in [6.07, 6.45) is 1.66. The number of benzene rings is 2. The molecular formula is C29H35N3O5. The fourth-order valence-corrected chi connectivity index (χ4v) is 6.73. The zero-order chi connectivity index (χ0) is 26.4. The van der Waals surface area contributed by atoms with Gasteiger partial charge in [-0.25, -0.2) is 0 Å². The lowest BCUT2D eigenvalue weighted by Gasteiger charge is -2.34. The zero-order valence-electron chi connectivity index (χ0n) is 21.6. The minimum atomic E-state index is -1.11. The second-order valence-electron chi connectivity index (χ2n) is 10.6. The van der Waals surface area contributed by atoms with E-state index in [0.29, 0.717) is 31.5 Å². The van der Waals surface area contributed by atoms with Crippen LogP contribution in [0.25, 0.3) is 0 Å². The highest BCUT2D eigenvalue weighted by atomic mass is 16.5. The fourth-order valence-electron chi connectivity index (χ4n) is 6.73. The van der Waals surface area contributed by atoms with Crippen LogP contribution in [0, 0.1) is 25.7 Å². The van der Waals surface area contributed by atoms with Crippen LogP contribution >= 0.6 is 0 Å². The summed E-state index contributed by atoms with van der Waals surface area (Å²) in [5.41, 5.74) is 1.64. The maximum Gasteiger partial charge on any atom is 0.250 e. The topological polar surface area (TPSA) is 108 Å². The van der Waals surface area contributed by atoms with Gasteiger partial charge in [-0.2, -0.15) is 0 Å². The van der Waals surface area contributed by atoms with Crippen LogP contribution in [0.15, 0.2) is 48.5 Å². The predicted molar refractivity (Wildman–Crippen MR) is 138 cm³/mol. The Balaban J connectivity index is 1.48. The first-order valence-electron chi connectivity index (χ1n) is 13.1. The minimum absolute atomic E-state index is 0.00279. The van der Waals surface area contributed by atoms with Gasteiger partial charge >= 0.3 is 0 Å². The Bertz CT molecular complexity index is 1220. The number of β-amino-alcohol motifs (C(OH)–C–C–N with tert-alkyl or cyclic N) is 1. The van der Waals surface area contributed by atoms with Gasteiger partial charge in [0.15, 0.2) is 0 Å². The molecule has 1 spiro atoms. The van der Waals surface area contributed by atoms with Crippen molar-refractivity contribution in [1.29, 1.82) is 0 Å². The smallest absolute Gasteiger partial charge is 0.250 e. The van der Waals surface area contributed by atoms with E-state index in [0.717, 1.165) is 16.7 Å². The number of anilines is 1. The van der Waals surface area contributed by atoms with Gasteiger partial charge in [-0.05, 0) is 55.9 Å². The van der Waals surface area contributed by atoms with Crippen LogP contribution in [-0.4, -0.2) is 58.1 Å². The Hall–Kier alpha value is -3.23. The molecule has 3 saturated heterocycles. The highest BCUT2D eigenvalue weighted by Crippen LogP contribution is 2.64. The van der Waals surface area contributed by atoms with Crippen molar-refractivity contribution >= 4 is 23.4 Å². The molecule has 3 aliphatic heterocycles. The van der Waals surface area contributed by atoms with Crippen LogP contribution in [0.4, 0.5) is 5.69 Å². The van der Waals surface area contributed by atoms with Crippen molar-refractivity contribution in [1.82, 2.24) is 10.2 Å². The predicted octanol–water partition coefficient (Wildman–Crippen LogP) is 2.71. The van der Waals surface area contributed by atoms with Crippen molar-refractivity contribution in [2.75, 3.05) is 18.5 Å². The number of ether oxygens (including phenoxy) is 1. The van der Waals surface area contributed by atoms with E-state index < -0.39 is 29.1 Å². The average Bonchev–Trinajstić information content (AvgIpc) is 3.49. The van der Waals surface area contributed by atoms with Crippen molar-refractivity contribution in [2.24, 2.45) is 11.8 Å². The molecule has 3 fully saturated rings. The van der Waals surface area contributed by atoms with E-state index in [2.05, 4.69) is 10.6 Å². The van der Waals surface area contributed by atoms with E-state index in [9.17, 15) is 19.5 Å². The normalized spacial score (nSPS) is 29.9. The molecule has 5 rings (SSSR count). The number of fused-ring (bicyclic) bond motifs is 1. The van der Waals surface area contributed by atoms with Crippen molar-refractivity contribution in [3.8, 4) is 0 Å².